The molecule has 0 bridgehead atoms. The first kappa shape index (κ1) is 15.9. The minimum Gasteiger partial charge on any atom is -0.455 e. The number of esters is 1. The van der Waals surface area contributed by atoms with Gasteiger partial charge in [-0.1, -0.05) is 60.7 Å². The molecule has 2 aromatic rings. The van der Waals surface area contributed by atoms with Crippen LogP contribution >= 0.6 is 0 Å². The molecule has 114 valence electrons. The van der Waals surface area contributed by atoms with E-state index in [0.717, 1.165) is 11.1 Å². The number of Topliss-reactive ketones (excluding diaryl/α,β-unsaturated/α-hetero) is 1. The highest BCUT2D eigenvalue weighted by atomic mass is 16.5. The first-order valence-corrected chi connectivity index (χ1v) is 7.19. The first-order valence-electron chi connectivity index (χ1n) is 7.19. The average molecular weight is 297 g/mol. The molecule has 0 unspecified atom stereocenters. The molecule has 0 aliphatic carbocycles. The summed E-state index contributed by atoms with van der Waals surface area (Å²) in [5.41, 5.74) is 1.91. The van der Waals surface area contributed by atoms with Crippen LogP contribution in [-0.2, 0) is 27.5 Å². The fourth-order valence-corrected chi connectivity index (χ4v) is 1.93. The first-order chi connectivity index (χ1) is 10.7. The van der Waals surface area contributed by atoms with E-state index in [4.69, 9.17) is 4.74 Å². The van der Waals surface area contributed by atoms with Crippen molar-refractivity contribution in [2.75, 3.05) is 0 Å². The highest BCUT2D eigenvalue weighted by molar-refractivity contribution is 6.35. The number of hydrogen-bond acceptors (Lipinski definition) is 4. The molecule has 0 fully saturated rings. The van der Waals surface area contributed by atoms with Crippen LogP contribution in [0.3, 0.4) is 0 Å². The van der Waals surface area contributed by atoms with Crippen LogP contribution in [0.4, 0.5) is 0 Å². The lowest BCUT2D eigenvalue weighted by molar-refractivity contribution is -0.155. The number of rotatable bonds is 7. The third-order valence-corrected chi connectivity index (χ3v) is 3.26. The van der Waals surface area contributed by atoms with Gasteiger partial charge in [-0.25, -0.2) is 4.79 Å². The minimum atomic E-state index is -0.808. The normalized spacial score (nSPS) is 11.7. The van der Waals surface area contributed by atoms with Gasteiger partial charge in [0.1, 0.15) is 6.61 Å². The third kappa shape index (κ3) is 4.82. The highest BCUT2D eigenvalue weighted by Gasteiger charge is 2.22. The molecule has 1 atom stereocenters. The summed E-state index contributed by atoms with van der Waals surface area (Å²) in [5, 5.41) is 3.03. The molecule has 0 amide bonds. The van der Waals surface area contributed by atoms with Crippen LogP contribution in [0.5, 0.6) is 0 Å². The summed E-state index contributed by atoms with van der Waals surface area (Å²) in [7, 11) is 0. The van der Waals surface area contributed by atoms with Crippen LogP contribution in [0, 0.1) is 0 Å². The number of hydrogen-bond donors (Lipinski definition) is 1. The SMILES string of the molecule is C[C@H](NCc1ccccc1)C(=O)C(=O)OCc1ccccc1. The summed E-state index contributed by atoms with van der Waals surface area (Å²) in [5.74, 6) is -1.37. The molecular weight excluding hydrogens is 278 g/mol. The molecule has 0 saturated heterocycles. The number of ketones is 1. The maximum atomic E-state index is 11.9. The van der Waals surface area contributed by atoms with Gasteiger partial charge in [-0.3, -0.25) is 4.79 Å². The zero-order valence-electron chi connectivity index (χ0n) is 12.5. The van der Waals surface area contributed by atoms with Crippen LogP contribution in [0.2, 0.25) is 0 Å². The zero-order chi connectivity index (χ0) is 15.8. The van der Waals surface area contributed by atoms with E-state index in [9.17, 15) is 9.59 Å². The van der Waals surface area contributed by atoms with Crippen LogP contribution in [0.15, 0.2) is 60.7 Å². The Bertz CT molecular complexity index is 611. The van der Waals surface area contributed by atoms with Crippen LogP contribution in [0.1, 0.15) is 18.1 Å². The van der Waals surface area contributed by atoms with E-state index in [2.05, 4.69) is 5.32 Å². The lowest BCUT2D eigenvalue weighted by atomic mass is 10.2. The van der Waals surface area contributed by atoms with Crippen molar-refractivity contribution in [2.24, 2.45) is 0 Å². The minimum absolute atomic E-state index is 0.108. The molecule has 22 heavy (non-hydrogen) atoms. The van der Waals surface area contributed by atoms with Gasteiger partial charge in [-0.15, -0.1) is 0 Å². The van der Waals surface area contributed by atoms with Crippen molar-refractivity contribution >= 4 is 11.8 Å². The summed E-state index contributed by atoms with van der Waals surface area (Å²) in [4.78, 5) is 23.7. The third-order valence-electron chi connectivity index (χ3n) is 3.26. The van der Waals surface area contributed by atoms with Gasteiger partial charge in [0.2, 0.25) is 0 Å². The fraction of sp³-hybridized carbons (Fsp3) is 0.222. The molecule has 0 aliphatic rings. The maximum absolute atomic E-state index is 11.9. The number of benzene rings is 2. The van der Waals surface area contributed by atoms with Gasteiger partial charge < -0.3 is 10.1 Å². The van der Waals surface area contributed by atoms with Gasteiger partial charge in [-0.05, 0) is 18.1 Å². The Morgan fingerprint density at radius 1 is 0.955 bits per heavy atom. The maximum Gasteiger partial charge on any atom is 0.376 e. The second kappa shape index (κ2) is 8.10. The molecule has 2 aromatic carbocycles. The van der Waals surface area contributed by atoms with E-state index < -0.39 is 17.8 Å². The molecule has 0 radical (unpaired) electrons. The van der Waals surface area contributed by atoms with E-state index in [0.29, 0.717) is 6.54 Å². The topological polar surface area (TPSA) is 55.4 Å². The van der Waals surface area contributed by atoms with Gasteiger partial charge >= 0.3 is 5.97 Å². The van der Waals surface area contributed by atoms with Crippen molar-refractivity contribution in [3.63, 3.8) is 0 Å². The Hall–Kier alpha value is -2.46. The summed E-state index contributed by atoms with van der Waals surface area (Å²) in [6, 6.07) is 18.4. The molecule has 0 saturated carbocycles. The van der Waals surface area contributed by atoms with E-state index in [1.807, 2.05) is 60.7 Å². The fourth-order valence-electron chi connectivity index (χ4n) is 1.93. The smallest absolute Gasteiger partial charge is 0.376 e. The Labute approximate surface area is 130 Å². The van der Waals surface area contributed by atoms with Gasteiger partial charge in [0.05, 0.1) is 6.04 Å². The van der Waals surface area contributed by atoms with Crippen molar-refractivity contribution in [1.82, 2.24) is 5.32 Å². The van der Waals surface area contributed by atoms with Crippen LogP contribution in [-0.4, -0.2) is 17.8 Å². The molecule has 0 aliphatic heterocycles. The highest BCUT2D eigenvalue weighted by Crippen LogP contribution is 2.03. The van der Waals surface area contributed by atoms with Crippen molar-refractivity contribution in [3.8, 4) is 0 Å². The summed E-state index contributed by atoms with van der Waals surface area (Å²) in [6.45, 7) is 2.30. The van der Waals surface area contributed by atoms with Gasteiger partial charge in [0.25, 0.3) is 5.78 Å². The van der Waals surface area contributed by atoms with Gasteiger partial charge in [0, 0.05) is 6.54 Å². The largest absolute Gasteiger partial charge is 0.455 e. The van der Waals surface area contributed by atoms with Crippen molar-refractivity contribution in [3.05, 3.63) is 71.8 Å². The molecule has 0 spiro atoms. The molecule has 1 N–H and O–H groups in total. The van der Waals surface area contributed by atoms with Gasteiger partial charge in [0.15, 0.2) is 0 Å². The molecule has 0 aromatic heterocycles. The Morgan fingerprint density at radius 2 is 1.50 bits per heavy atom. The molecule has 4 heteroatoms. The lowest BCUT2D eigenvalue weighted by Gasteiger charge is -2.12. The molecule has 0 heterocycles. The monoisotopic (exact) mass is 297 g/mol. The van der Waals surface area contributed by atoms with Crippen LogP contribution in [0.25, 0.3) is 0 Å². The molecule has 4 nitrogen and oxygen atoms in total. The molecule has 2 rings (SSSR count). The van der Waals surface area contributed by atoms with Crippen molar-refractivity contribution < 1.29 is 14.3 Å². The predicted octanol–water partition coefficient (Wildman–Crippen LogP) is 2.48. The van der Waals surface area contributed by atoms with Crippen LogP contribution < -0.4 is 5.32 Å². The number of nitrogens with one attached hydrogen (secondary N) is 1. The lowest BCUT2D eigenvalue weighted by Crippen LogP contribution is -2.38. The van der Waals surface area contributed by atoms with Gasteiger partial charge in [-0.2, -0.15) is 0 Å². The average Bonchev–Trinajstić information content (AvgIpc) is 2.58. The van der Waals surface area contributed by atoms with E-state index >= 15 is 0 Å². The second-order valence-electron chi connectivity index (χ2n) is 5.01. The Balaban J connectivity index is 1.78. The number of ether oxygens (including phenoxy) is 1. The standard InChI is InChI=1S/C18H19NO3/c1-14(19-12-15-8-4-2-5-9-15)17(20)18(21)22-13-16-10-6-3-7-11-16/h2-11,14,19H,12-13H2,1H3/t14-/m0/s1. The number of carbonyl (C=O) groups is 2. The predicted molar refractivity (Wildman–Crippen MR) is 84.0 cm³/mol. The summed E-state index contributed by atoms with van der Waals surface area (Å²) >= 11 is 0. The summed E-state index contributed by atoms with van der Waals surface area (Å²) in [6.07, 6.45) is 0. The van der Waals surface area contributed by atoms with E-state index in [-0.39, 0.29) is 6.61 Å². The number of carbonyl (C=O) groups excluding carboxylic acids is 2. The van der Waals surface area contributed by atoms with Crippen molar-refractivity contribution in [2.45, 2.75) is 26.1 Å². The Morgan fingerprint density at radius 3 is 2.09 bits per heavy atom. The quantitative estimate of drug-likeness (QED) is 0.630. The summed E-state index contributed by atoms with van der Waals surface area (Å²) < 4.78 is 5.03. The van der Waals surface area contributed by atoms with E-state index in [1.165, 1.54) is 0 Å². The molecular formula is C18H19NO3. The Kier molecular flexibility index (Phi) is 5.86. The zero-order valence-corrected chi connectivity index (χ0v) is 12.5. The second-order valence-corrected chi connectivity index (χ2v) is 5.01. The van der Waals surface area contributed by atoms with E-state index in [1.54, 1.807) is 6.92 Å². The van der Waals surface area contributed by atoms with Crippen molar-refractivity contribution in [1.29, 1.82) is 0 Å².